The fraction of sp³-hybridized carbons (Fsp3) is 0.720. The molecule has 2 aliphatic rings. The van der Waals surface area contributed by atoms with E-state index in [0.29, 0.717) is 11.7 Å². The molecule has 1 unspecified atom stereocenters. The van der Waals surface area contributed by atoms with E-state index in [1.807, 2.05) is 19.1 Å². The molecule has 0 aliphatic heterocycles. The first-order valence-electron chi connectivity index (χ1n) is 11.7. The quantitative estimate of drug-likeness (QED) is 0.386. The molecule has 1 N–H and O–H groups in total. The van der Waals surface area contributed by atoms with Crippen LogP contribution in [0.4, 0.5) is 0 Å². The number of hydrogen-bond donors (Lipinski definition) is 1. The number of hydrogen-bond acceptors (Lipinski definition) is 5. The van der Waals surface area contributed by atoms with Crippen LogP contribution in [0.25, 0.3) is 0 Å². The van der Waals surface area contributed by atoms with E-state index in [1.165, 1.54) is 0 Å². The highest BCUT2D eigenvalue weighted by Gasteiger charge is 2.67. The van der Waals surface area contributed by atoms with E-state index in [1.54, 1.807) is 7.11 Å². The van der Waals surface area contributed by atoms with Gasteiger partial charge in [0.1, 0.15) is 5.75 Å². The highest BCUT2D eigenvalue weighted by atomic mass is 79.9. The van der Waals surface area contributed by atoms with Crippen molar-refractivity contribution in [1.82, 2.24) is 4.72 Å². The van der Waals surface area contributed by atoms with Crippen LogP contribution >= 0.6 is 15.9 Å². The van der Waals surface area contributed by atoms with Crippen molar-refractivity contribution in [3.8, 4) is 0 Å². The first-order valence-corrected chi connectivity index (χ1v) is 13.8. The molecule has 0 saturated heterocycles. The first kappa shape index (κ1) is 26.0. The highest BCUT2D eigenvalue weighted by Crippen LogP contribution is 2.60. The Labute approximate surface area is 204 Å². The van der Waals surface area contributed by atoms with Crippen molar-refractivity contribution in [2.45, 2.75) is 78.4 Å². The Hall–Kier alpha value is -0.600. The molecule has 1 spiro atoms. The minimum absolute atomic E-state index is 0.140. The summed E-state index contributed by atoms with van der Waals surface area (Å²) in [5, 5.41) is 0. The topological polar surface area (TPSA) is 70.6 Å². The summed E-state index contributed by atoms with van der Waals surface area (Å²) in [5.41, 5.74) is 0.334. The molecule has 2 aliphatic carbocycles. The van der Waals surface area contributed by atoms with E-state index >= 15 is 0 Å². The number of halogens is 1. The van der Waals surface area contributed by atoms with Crippen LogP contribution in [-0.2, 0) is 37.6 Å². The molecule has 5 nitrogen and oxygen atoms in total. The summed E-state index contributed by atoms with van der Waals surface area (Å²) in [6.07, 6.45) is 4.44. The zero-order chi connectivity index (χ0) is 23.7. The van der Waals surface area contributed by atoms with Crippen LogP contribution < -0.4 is 4.72 Å². The van der Waals surface area contributed by atoms with Gasteiger partial charge >= 0.3 is 5.97 Å². The Morgan fingerprint density at radius 2 is 2.06 bits per heavy atom. The molecule has 0 bridgehead atoms. The van der Waals surface area contributed by atoms with Gasteiger partial charge in [0.15, 0.2) is 5.54 Å². The van der Waals surface area contributed by atoms with Gasteiger partial charge in [0.05, 0.1) is 12.7 Å². The number of carbonyl (C=O) groups excluding carboxylic acids is 1. The van der Waals surface area contributed by atoms with Crippen molar-refractivity contribution in [2.24, 2.45) is 16.7 Å². The van der Waals surface area contributed by atoms with Crippen molar-refractivity contribution in [3.05, 3.63) is 33.8 Å². The van der Waals surface area contributed by atoms with Crippen LogP contribution in [0.2, 0.25) is 0 Å². The van der Waals surface area contributed by atoms with Gasteiger partial charge in [-0.1, -0.05) is 56.1 Å². The fourth-order valence-electron chi connectivity index (χ4n) is 5.81. The lowest BCUT2D eigenvalue weighted by molar-refractivity contribution is -0.161. The molecule has 0 heterocycles. The molecule has 5 atom stereocenters. The monoisotopic (exact) mass is 527 g/mol. The Balaban J connectivity index is 2.17. The average molecular weight is 529 g/mol. The summed E-state index contributed by atoms with van der Waals surface area (Å²) in [6.45, 7) is 10.5. The van der Waals surface area contributed by atoms with E-state index in [-0.39, 0.29) is 24.1 Å². The van der Waals surface area contributed by atoms with Crippen LogP contribution in [0, 0.1) is 16.7 Å². The molecule has 32 heavy (non-hydrogen) atoms. The molecular formula is C25H38BrNO4S. The van der Waals surface area contributed by atoms with Crippen LogP contribution in [0.15, 0.2) is 22.7 Å². The highest BCUT2D eigenvalue weighted by molar-refractivity contribution is 9.10. The first-order chi connectivity index (χ1) is 15.0. The van der Waals surface area contributed by atoms with Crippen molar-refractivity contribution in [2.75, 3.05) is 19.5 Å². The Morgan fingerprint density at radius 3 is 2.66 bits per heavy atom. The fourth-order valence-corrected chi connectivity index (χ4v) is 7.79. The number of nitrogens with one attached hydrogen (secondary N) is 1. The maximum atomic E-state index is 13.9. The normalized spacial score (nSPS) is 30.9. The van der Waals surface area contributed by atoms with Gasteiger partial charge in [-0.3, -0.25) is 0 Å². The lowest BCUT2D eigenvalue weighted by Gasteiger charge is -2.50. The lowest BCUT2D eigenvalue weighted by Crippen LogP contribution is -2.63. The Bertz CT molecular complexity index is 829. The second-order valence-corrected chi connectivity index (χ2v) is 12.7. The van der Waals surface area contributed by atoms with E-state index in [9.17, 15) is 9.35 Å². The minimum Gasteiger partial charge on any atom is -0.598 e. The number of ether oxygens (including phenoxy) is 2. The molecule has 1 fully saturated rings. The number of esters is 1. The average Bonchev–Trinajstić information content (AvgIpc) is 2.96. The largest absolute Gasteiger partial charge is 0.598 e. The number of carbonyl (C=O) groups is 1. The third-order valence-corrected chi connectivity index (χ3v) is 9.28. The van der Waals surface area contributed by atoms with Crippen molar-refractivity contribution >= 4 is 33.3 Å². The van der Waals surface area contributed by atoms with Gasteiger partial charge in [0, 0.05) is 33.8 Å². The van der Waals surface area contributed by atoms with Crippen LogP contribution in [0.3, 0.4) is 0 Å². The van der Waals surface area contributed by atoms with E-state index < -0.39 is 22.3 Å². The molecule has 0 amide bonds. The van der Waals surface area contributed by atoms with E-state index in [4.69, 9.17) is 9.47 Å². The van der Waals surface area contributed by atoms with Gasteiger partial charge in [-0.25, -0.2) is 4.79 Å². The van der Waals surface area contributed by atoms with Gasteiger partial charge < -0.3 is 14.0 Å². The number of fused-ring (bicyclic) bond motifs is 1. The maximum absolute atomic E-state index is 13.9. The van der Waals surface area contributed by atoms with Gasteiger partial charge in [-0.15, -0.1) is 4.72 Å². The molecule has 7 heteroatoms. The molecule has 1 aromatic rings. The molecule has 3 rings (SSSR count). The standard InChI is InChI=1S/C25H38BrNO4S/c1-7-17-14-24(12-11-21(17)30-6)15-18-9-10-19(26)13-20(18)25(24,22(28)31-8-2)27-32(29)16-23(3,4)5/h9-10,13,17,21,27H,7-8,11-12,14-16H2,1-6H3/t17-,21-,24-,25+,32?/m0/s1. The maximum Gasteiger partial charge on any atom is 0.336 e. The summed E-state index contributed by atoms with van der Waals surface area (Å²) in [5.74, 6) is 0.467. The smallest absolute Gasteiger partial charge is 0.336 e. The van der Waals surface area contributed by atoms with Gasteiger partial charge in [0.2, 0.25) is 0 Å². The van der Waals surface area contributed by atoms with E-state index in [2.05, 4.69) is 54.4 Å². The summed E-state index contributed by atoms with van der Waals surface area (Å²) in [4.78, 5) is 13.9. The molecular weight excluding hydrogens is 490 g/mol. The molecule has 1 saturated carbocycles. The van der Waals surface area contributed by atoms with Crippen molar-refractivity contribution < 1.29 is 18.8 Å². The third-order valence-electron chi connectivity index (χ3n) is 7.13. The Morgan fingerprint density at radius 1 is 1.34 bits per heavy atom. The zero-order valence-corrected chi connectivity index (χ0v) is 22.7. The van der Waals surface area contributed by atoms with E-state index in [0.717, 1.165) is 47.7 Å². The zero-order valence-electron chi connectivity index (χ0n) is 20.3. The predicted octanol–water partition coefficient (Wildman–Crippen LogP) is 5.27. The summed E-state index contributed by atoms with van der Waals surface area (Å²) in [6, 6.07) is 6.14. The minimum atomic E-state index is -1.41. The van der Waals surface area contributed by atoms with Crippen LogP contribution in [0.5, 0.6) is 0 Å². The number of benzene rings is 1. The lowest BCUT2D eigenvalue weighted by atomic mass is 9.58. The third kappa shape index (κ3) is 4.78. The van der Waals surface area contributed by atoms with Crippen LogP contribution in [0.1, 0.15) is 71.4 Å². The summed E-state index contributed by atoms with van der Waals surface area (Å²) in [7, 11) is 1.78. The molecule has 180 valence electrons. The van der Waals surface area contributed by atoms with Crippen molar-refractivity contribution in [1.29, 1.82) is 0 Å². The SMILES string of the molecule is CCOC(=O)[C@]1(N[S+]([O-])CC(C)(C)C)c2cc(Br)ccc2C[C@@]12CC[C@H](OC)[C@@H](CC)C2. The molecule has 0 radical (unpaired) electrons. The second kappa shape index (κ2) is 9.95. The van der Waals surface area contributed by atoms with Crippen molar-refractivity contribution in [3.63, 3.8) is 0 Å². The molecule has 0 aromatic heterocycles. The second-order valence-electron chi connectivity index (χ2n) is 10.6. The van der Waals surface area contributed by atoms with Crippen LogP contribution in [-0.4, -0.2) is 36.1 Å². The number of methoxy groups -OCH3 is 1. The summed E-state index contributed by atoms with van der Waals surface area (Å²) < 4.78 is 29.3. The number of rotatable bonds is 7. The molecule has 1 aromatic carbocycles. The van der Waals surface area contributed by atoms with Gasteiger partial charge in [0.25, 0.3) is 0 Å². The van der Waals surface area contributed by atoms with Gasteiger partial charge in [-0.2, -0.15) is 0 Å². The summed E-state index contributed by atoms with van der Waals surface area (Å²) >= 11 is 2.20. The predicted molar refractivity (Wildman–Crippen MR) is 133 cm³/mol. The Kier molecular flexibility index (Phi) is 8.08. The van der Waals surface area contributed by atoms with Gasteiger partial charge in [-0.05, 0) is 61.8 Å².